The summed E-state index contributed by atoms with van der Waals surface area (Å²) >= 11 is 0. The van der Waals surface area contributed by atoms with Gasteiger partial charge in [0.05, 0.1) is 18.1 Å². The molecule has 3 heteroatoms. The summed E-state index contributed by atoms with van der Waals surface area (Å²) < 4.78 is 2.13. The first-order valence-electron chi connectivity index (χ1n) is 7.05. The summed E-state index contributed by atoms with van der Waals surface area (Å²) in [5, 5.41) is 3.63. The molecule has 1 aromatic heterocycles. The molecule has 1 heterocycles. The largest absolute Gasteiger partial charge is 0.336 e. The Morgan fingerprint density at radius 1 is 1.37 bits per heavy atom. The molecule has 0 bridgehead atoms. The number of hydrogen-bond donors (Lipinski definition) is 1. The minimum Gasteiger partial charge on any atom is -0.336 e. The third-order valence-corrected chi connectivity index (χ3v) is 4.09. The number of hydrogen-bond acceptors (Lipinski definition) is 2. The minimum absolute atomic E-state index is 0.419. The third kappa shape index (κ3) is 2.43. The zero-order valence-corrected chi connectivity index (χ0v) is 11.6. The van der Waals surface area contributed by atoms with E-state index in [-0.39, 0.29) is 0 Å². The molecule has 3 rings (SSSR count). The Bertz CT molecular complexity index is 532. The molecular weight excluding hydrogens is 234 g/mol. The molecule has 0 amide bonds. The van der Waals surface area contributed by atoms with Gasteiger partial charge in [-0.25, -0.2) is 4.98 Å². The number of benzene rings is 1. The van der Waals surface area contributed by atoms with Gasteiger partial charge in [-0.15, -0.1) is 0 Å². The Kier molecular flexibility index (Phi) is 3.38. The molecular formula is C16H21N3. The summed E-state index contributed by atoms with van der Waals surface area (Å²) in [6, 6.07) is 11.3. The van der Waals surface area contributed by atoms with Crippen molar-refractivity contribution in [1.82, 2.24) is 14.9 Å². The van der Waals surface area contributed by atoms with Crippen LogP contribution in [0.15, 0.2) is 42.9 Å². The van der Waals surface area contributed by atoms with E-state index in [4.69, 9.17) is 0 Å². The van der Waals surface area contributed by atoms with Crippen LogP contribution < -0.4 is 5.32 Å². The van der Waals surface area contributed by atoms with Gasteiger partial charge in [0, 0.05) is 13.2 Å². The maximum atomic E-state index is 4.26. The van der Waals surface area contributed by atoms with Gasteiger partial charge < -0.3 is 9.88 Å². The van der Waals surface area contributed by atoms with Gasteiger partial charge in [-0.1, -0.05) is 37.3 Å². The molecule has 3 nitrogen and oxygen atoms in total. The third-order valence-electron chi connectivity index (χ3n) is 4.09. The summed E-state index contributed by atoms with van der Waals surface area (Å²) in [4.78, 5) is 4.26. The highest BCUT2D eigenvalue weighted by Gasteiger charge is 2.44. The van der Waals surface area contributed by atoms with Crippen molar-refractivity contribution >= 4 is 0 Å². The first-order chi connectivity index (χ1) is 9.31. The van der Waals surface area contributed by atoms with E-state index < -0.39 is 0 Å². The first-order valence-corrected chi connectivity index (χ1v) is 7.05. The zero-order chi connectivity index (χ0) is 13.2. The molecule has 1 N–H and O–H groups in total. The van der Waals surface area contributed by atoms with Crippen molar-refractivity contribution in [2.45, 2.75) is 25.3 Å². The smallest absolute Gasteiger partial charge is 0.0946 e. The van der Waals surface area contributed by atoms with E-state index in [9.17, 15) is 0 Å². The molecule has 1 aliphatic carbocycles. The van der Waals surface area contributed by atoms with Crippen LogP contribution in [0, 0.1) is 5.92 Å². The van der Waals surface area contributed by atoms with Gasteiger partial charge >= 0.3 is 0 Å². The van der Waals surface area contributed by atoms with Gasteiger partial charge in [0.2, 0.25) is 0 Å². The molecule has 19 heavy (non-hydrogen) atoms. The van der Waals surface area contributed by atoms with Crippen LogP contribution in [-0.4, -0.2) is 16.1 Å². The van der Waals surface area contributed by atoms with Gasteiger partial charge in [-0.2, -0.15) is 0 Å². The van der Waals surface area contributed by atoms with E-state index in [0.29, 0.717) is 17.9 Å². The summed E-state index contributed by atoms with van der Waals surface area (Å²) in [7, 11) is 2.08. The highest BCUT2D eigenvalue weighted by molar-refractivity contribution is 5.28. The number of imidazole rings is 1. The van der Waals surface area contributed by atoms with Crippen molar-refractivity contribution in [1.29, 1.82) is 0 Å². The number of aryl methyl sites for hydroxylation is 1. The molecule has 0 spiro atoms. The molecule has 2 aromatic rings. The normalized spacial score (nSPS) is 23.3. The van der Waals surface area contributed by atoms with Crippen LogP contribution in [-0.2, 0) is 7.05 Å². The van der Waals surface area contributed by atoms with Gasteiger partial charge in [0.1, 0.15) is 0 Å². The van der Waals surface area contributed by atoms with E-state index in [1.54, 1.807) is 0 Å². The molecule has 0 saturated heterocycles. The Morgan fingerprint density at radius 3 is 2.79 bits per heavy atom. The van der Waals surface area contributed by atoms with Crippen LogP contribution in [0.1, 0.15) is 36.6 Å². The van der Waals surface area contributed by atoms with Gasteiger partial charge in [-0.3, -0.25) is 0 Å². The SMILES string of the molecule is CCNC(c1cncn1C)C1CC1c1ccccc1. The maximum absolute atomic E-state index is 4.26. The van der Waals surface area contributed by atoms with Crippen molar-refractivity contribution in [2.24, 2.45) is 13.0 Å². The van der Waals surface area contributed by atoms with Gasteiger partial charge in [-0.05, 0) is 30.4 Å². The van der Waals surface area contributed by atoms with Gasteiger partial charge in [0.25, 0.3) is 0 Å². The van der Waals surface area contributed by atoms with Crippen LogP contribution in [0.5, 0.6) is 0 Å². The van der Waals surface area contributed by atoms with E-state index in [1.807, 2.05) is 12.5 Å². The van der Waals surface area contributed by atoms with Gasteiger partial charge in [0.15, 0.2) is 0 Å². The van der Waals surface area contributed by atoms with E-state index in [0.717, 1.165) is 6.54 Å². The molecule has 1 fully saturated rings. The van der Waals surface area contributed by atoms with Crippen molar-refractivity contribution < 1.29 is 0 Å². The van der Waals surface area contributed by atoms with E-state index in [2.05, 4.69) is 59.2 Å². The maximum Gasteiger partial charge on any atom is 0.0946 e. The van der Waals surface area contributed by atoms with Crippen molar-refractivity contribution in [3.8, 4) is 0 Å². The Hall–Kier alpha value is -1.61. The molecule has 1 aromatic carbocycles. The second-order valence-electron chi connectivity index (χ2n) is 5.38. The minimum atomic E-state index is 0.419. The first kappa shape index (κ1) is 12.4. The number of nitrogens with zero attached hydrogens (tertiary/aromatic N) is 2. The van der Waals surface area contributed by atoms with Crippen LogP contribution in [0.4, 0.5) is 0 Å². The lowest BCUT2D eigenvalue weighted by Gasteiger charge is -2.18. The Labute approximate surface area is 114 Å². The molecule has 0 radical (unpaired) electrons. The molecule has 100 valence electrons. The Balaban J connectivity index is 1.79. The summed E-state index contributed by atoms with van der Waals surface area (Å²) in [6.45, 7) is 3.16. The highest BCUT2D eigenvalue weighted by Crippen LogP contribution is 2.53. The summed E-state index contributed by atoms with van der Waals surface area (Å²) in [5.74, 6) is 1.39. The fourth-order valence-electron chi connectivity index (χ4n) is 3.03. The lowest BCUT2D eigenvalue weighted by atomic mass is 10.0. The molecule has 1 saturated carbocycles. The number of rotatable bonds is 5. The molecule has 3 atom stereocenters. The fourth-order valence-corrected chi connectivity index (χ4v) is 3.03. The monoisotopic (exact) mass is 255 g/mol. The zero-order valence-electron chi connectivity index (χ0n) is 11.6. The Morgan fingerprint density at radius 2 is 2.16 bits per heavy atom. The lowest BCUT2D eigenvalue weighted by molar-refractivity contribution is 0.464. The summed E-state index contributed by atoms with van der Waals surface area (Å²) in [6.07, 6.45) is 5.15. The van der Waals surface area contributed by atoms with E-state index in [1.165, 1.54) is 17.7 Å². The summed E-state index contributed by atoms with van der Waals surface area (Å²) in [5.41, 5.74) is 2.77. The predicted molar refractivity (Wildman–Crippen MR) is 76.9 cm³/mol. The molecule has 3 unspecified atom stereocenters. The molecule has 1 aliphatic rings. The second kappa shape index (κ2) is 5.17. The van der Waals surface area contributed by atoms with Crippen molar-refractivity contribution in [3.05, 3.63) is 54.1 Å². The highest BCUT2D eigenvalue weighted by atomic mass is 15.1. The standard InChI is InChI=1S/C16H21N3/c1-3-18-16(15-10-17-11-19(15)2)14-9-13(14)12-7-5-4-6-8-12/h4-8,10-11,13-14,16,18H,3,9H2,1-2H3. The molecule has 0 aliphatic heterocycles. The van der Waals surface area contributed by atoms with Crippen LogP contribution in [0.3, 0.4) is 0 Å². The van der Waals surface area contributed by atoms with Crippen molar-refractivity contribution in [2.75, 3.05) is 6.54 Å². The average molecular weight is 255 g/mol. The number of nitrogens with one attached hydrogen (secondary N) is 1. The predicted octanol–water partition coefficient (Wildman–Crippen LogP) is 2.87. The second-order valence-corrected chi connectivity index (χ2v) is 5.38. The van der Waals surface area contributed by atoms with Crippen molar-refractivity contribution in [3.63, 3.8) is 0 Å². The van der Waals surface area contributed by atoms with Crippen LogP contribution in [0.25, 0.3) is 0 Å². The van der Waals surface area contributed by atoms with Crippen LogP contribution >= 0.6 is 0 Å². The topological polar surface area (TPSA) is 29.9 Å². The fraction of sp³-hybridized carbons (Fsp3) is 0.438. The lowest BCUT2D eigenvalue weighted by Crippen LogP contribution is -2.25. The average Bonchev–Trinajstić information content (AvgIpc) is 3.12. The quantitative estimate of drug-likeness (QED) is 0.890. The number of aromatic nitrogens is 2. The van der Waals surface area contributed by atoms with Crippen LogP contribution in [0.2, 0.25) is 0 Å². The van der Waals surface area contributed by atoms with E-state index >= 15 is 0 Å².